The molecule has 8 nitrogen and oxygen atoms in total. The van der Waals surface area contributed by atoms with Crippen molar-refractivity contribution in [3.63, 3.8) is 0 Å². The highest BCUT2D eigenvalue weighted by Crippen LogP contribution is 2.29. The lowest BCUT2D eigenvalue weighted by atomic mass is 10.1. The third kappa shape index (κ3) is 5.70. The van der Waals surface area contributed by atoms with Gasteiger partial charge in [0.05, 0.1) is 19.1 Å². The first-order chi connectivity index (χ1) is 17.0. The molecule has 0 saturated carbocycles. The largest absolute Gasteiger partial charge is 0.504 e. The second-order valence-corrected chi connectivity index (χ2v) is 8.77. The van der Waals surface area contributed by atoms with Crippen molar-refractivity contribution in [2.24, 2.45) is 5.10 Å². The average Bonchev–Trinajstić information content (AvgIpc) is 3.28. The molecule has 3 aromatic carbocycles. The Morgan fingerprint density at radius 3 is 2.43 bits per heavy atom. The number of phenols is 1. The van der Waals surface area contributed by atoms with Gasteiger partial charge in [-0.3, -0.25) is 9.36 Å². The Labute approximate surface area is 207 Å². The topological polar surface area (TPSA) is 102 Å². The number of thioether (sulfide) groups is 1. The summed E-state index contributed by atoms with van der Waals surface area (Å²) in [5.74, 6) is 0.749. The molecule has 0 fully saturated rings. The van der Waals surface area contributed by atoms with Crippen molar-refractivity contribution in [3.05, 3.63) is 83.4 Å². The van der Waals surface area contributed by atoms with Gasteiger partial charge in [-0.1, -0.05) is 65.4 Å². The molecule has 1 aromatic heterocycles. The van der Waals surface area contributed by atoms with Crippen molar-refractivity contribution < 1.29 is 14.6 Å². The summed E-state index contributed by atoms with van der Waals surface area (Å²) in [5, 5.41) is 23.4. The van der Waals surface area contributed by atoms with Crippen molar-refractivity contribution in [1.82, 2.24) is 20.2 Å². The molecule has 35 heavy (non-hydrogen) atoms. The van der Waals surface area contributed by atoms with E-state index < -0.39 is 0 Å². The van der Waals surface area contributed by atoms with Crippen molar-refractivity contribution in [2.75, 3.05) is 12.9 Å². The number of nitrogens with one attached hydrogen (secondary N) is 1. The van der Waals surface area contributed by atoms with Crippen LogP contribution in [0.3, 0.4) is 0 Å². The van der Waals surface area contributed by atoms with Crippen LogP contribution in [-0.4, -0.2) is 44.9 Å². The SMILES string of the molecule is COc1cccc(/C=N\NC(=O)CSc2nnc(-c3ccc(C)cc3)n2-c2ccc(C)cc2)c1O. The van der Waals surface area contributed by atoms with Gasteiger partial charge >= 0.3 is 0 Å². The number of nitrogens with zero attached hydrogens (tertiary/aromatic N) is 4. The van der Waals surface area contributed by atoms with E-state index in [1.807, 2.05) is 66.9 Å². The summed E-state index contributed by atoms with van der Waals surface area (Å²) in [7, 11) is 1.47. The van der Waals surface area contributed by atoms with E-state index in [2.05, 4.69) is 20.7 Å². The number of aryl methyl sites for hydroxylation is 2. The summed E-state index contributed by atoms with van der Waals surface area (Å²) in [5.41, 5.74) is 7.05. The van der Waals surface area contributed by atoms with E-state index in [0.29, 0.717) is 22.3 Å². The summed E-state index contributed by atoms with van der Waals surface area (Å²) in [6.07, 6.45) is 1.37. The number of hydrazone groups is 1. The Morgan fingerprint density at radius 2 is 1.74 bits per heavy atom. The van der Waals surface area contributed by atoms with Gasteiger partial charge in [0, 0.05) is 16.8 Å². The van der Waals surface area contributed by atoms with E-state index in [9.17, 15) is 9.90 Å². The average molecular weight is 488 g/mol. The first-order valence-corrected chi connectivity index (χ1v) is 11.8. The Morgan fingerprint density at radius 1 is 1.06 bits per heavy atom. The third-order valence-electron chi connectivity index (χ3n) is 5.21. The Balaban J connectivity index is 1.50. The number of methoxy groups -OCH3 is 1. The van der Waals surface area contributed by atoms with Crippen LogP contribution < -0.4 is 10.2 Å². The van der Waals surface area contributed by atoms with Crippen LogP contribution in [-0.2, 0) is 4.79 Å². The number of hydrogen-bond donors (Lipinski definition) is 2. The standard InChI is InChI=1S/C26H25N5O3S/c1-17-7-11-19(12-8-17)25-29-30-26(31(25)21-13-9-18(2)10-14-21)35-16-23(32)28-27-15-20-5-4-6-22(34-3)24(20)33/h4-15,33H,16H2,1-3H3,(H,28,32)/b27-15-. The van der Waals surface area contributed by atoms with Crippen LogP contribution in [0.25, 0.3) is 17.1 Å². The number of rotatable bonds is 8. The maximum absolute atomic E-state index is 12.4. The quantitative estimate of drug-likeness (QED) is 0.215. The van der Waals surface area contributed by atoms with E-state index in [-0.39, 0.29) is 17.4 Å². The van der Waals surface area contributed by atoms with E-state index in [1.54, 1.807) is 18.2 Å². The molecule has 0 aliphatic heterocycles. The van der Waals surface area contributed by atoms with Gasteiger partial charge in [-0.25, -0.2) is 5.43 Å². The monoisotopic (exact) mass is 487 g/mol. The molecule has 4 aromatic rings. The van der Waals surface area contributed by atoms with Crippen molar-refractivity contribution in [1.29, 1.82) is 0 Å². The Bertz CT molecular complexity index is 1350. The summed E-state index contributed by atoms with van der Waals surface area (Å²) in [6, 6.07) is 21.2. The van der Waals surface area contributed by atoms with Crippen LogP contribution in [0.5, 0.6) is 11.5 Å². The first kappa shape index (κ1) is 24.0. The number of carbonyl (C=O) groups is 1. The number of ether oxygens (including phenoxy) is 1. The fourth-order valence-corrected chi connectivity index (χ4v) is 4.07. The maximum Gasteiger partial charge on any atom is 0.250 e. The van der Waals surface area contributed by atoms with Gasteiger partial charge in [0.2, 0.25) is 0 Å². The fraction of sp³-hybridized carbons (Fsp3) is 0.154. The van der Waals surface area contributed by atoms with Gasteiger partial charge in [0.1, 0.15) is 0 Å². The maximum atomic E-state index is 12.4. The van der Waals surface area contributed by atoms with Gasteiger partial charge in [-0.05, 0) is 38.1 Å². The molecule has 0 radical (unpaired) electrons. The van der Waals surface area contributed by atoms with Gasteiger partial charge in [0.15, 0.2) is 22.5 Å². The van der Waals surface area contributed by atoms with E-state index in [1.165, 1.54) is 25.1 Å². The molecule has 0 saturated heterocycles. The predicted octanol–water partition coefficient (Wildman–Crippen LogP) is 4.51. The number of aromatic hydroxyl groups is 1. The first-order valence-electron chi connectivity index (χ1n) is 10.9. The zero-order valence-electron chi connectivity index (χ0n) is 19.6. The van der Waals surface area contributed by atoms with Crippen molar-refractivity contribution in [2.45, 2.75) is 19.0 Å². The molecule has 0 aliphatic rings. The van der Waals surface area contributed by atoms with Gasteiger partial charge in [-0.15, -0.1) is 10.2 Å². The predicted molar refractivity (Wildman–Crippen MR) is 137 cm³/mol. The number of carbonyl (C=O) groups excluding carboxylic acids is 1. The minimum Gasteiger partial charge on any atom is -0.504 e. The number of benzene rings is 3. The highest BCUT2D eigenvalue weighted by atomic mass is 32.2. The van der Waals surface area contributed by atoms with Crippen molar-refractivity contribution in [3.8, 4) is 28.6 Å². The number of para-hydroxylation sites is 1. The highest BCUT2D eigenvalue weighted by Gasteiger charge is 2.17. The Hall–Kier alpha value is -4.11. The summed E-state index contributed by atoms with van der Waals surface area (Å²) >= 11 is 1.26. The minimum atomic E-state index is -0.316. The normalized spacial score (nSPS) is 11.1. The lowest BCUT2D eigenvalue weighted by Gasteiger charge is -2.11. The second kappa shape index (κ2) is 10.9. The minimum absolute atomic E-state index is 0.0443. The molecule has 0 atom stereocenters. The molecule has 2 N–H and O–H groups in total. The summed E-state index contributed by atoms with van der Waals surface area (Å²) in [6.45, 7) is 4.06. The molecule has 0 bridgehead atoms. The molecule has 9 heteroatoms. The van der Waals surface area contributed by atoms with Crippen molar-refractivity contribution >= 4 is 23.9 Å². The van der Waals surface area contributed by atoms with Crippen LogP contribution in [0.2, 0.25) is 0 Å². The number of aromatic nitrogens is 3. The van der Waals surface area contributed by atoms with Crippen LogP contribution in [0.1, 0.15) is 16.7 Å². The van der Waals surface area contributed by atoms with E-state index >= 15 is 0 Å². The molecular weight excluding hydrogens is 462 g/mol. The van der Waals surface area contributed by atoms with E-state index in [4.69, 9.17) is 4.74 Å². The molecule has 178 valence electrons. The van der Waals surface area contributed by atoms with Crippen LogP contribution in [0.15, 0.2) is 77.0 Å². The van der Waals surface area contributed by atoms with Gasteiger partial charge < -0.3 is 9.84 Å². The molecule has 1 amide bonds. The zero-order chi connectivity index (χ0) is 24.8. The molecule has 0 unspecified atom stereocenters. The lowest BCUT2D eigenvalue weighted by Crippen LogP contribution is -2.20. The number of phenolic OH excluding ortho intramolecular Hbond substituents is 1. The molecule has 0 aliphatic carbocycles. The molecule has 0 spiro atoms. The van der Waals surface area contributed by atoms with Gasteiger partial charge in [0.25, 0.3) is 5.91 Å². The van der Waals surface area contributed by atoms with E-state index in [0.717, 1.165) is 22.4 Å². The highest BCUT2D eigenvalue weighted by molar-refractivity contribution is 7.99. The smallest absolute Gasteiger partial charge is 0.250 e. The fourth-order valence-electron chi connectivity index (χ4n) is 3.32. The number of amides is 1. The molecule has 1 heterocycles. The van der Waals surface area contributed by atoms with Crippen LogP contribution in [0, 0.1) is 13.8 Å². The summed E-state index contributed by atoms with van der Waals surface area (Å²) in [4.78, 5) is 12.4. The van der Waals surface area contributed by atoms with Gasteiger partial charge in [-0.2, -0.15) is 5.10 Å². The summed E-state index contributed by atoms with van der Waals surface area (Å²) < 4.78 is 7.02. The van der Waals surface area contributed by atoms with Crippen LogP contribution in [0.4, 0.5) is 0 Å². The zero-order valence-corrected chi connectivity index (χ0v) is 20.4. The molecular formula is C26H25N5O3S. The van der Waals surface area contributed by atoms with Crippen LogP contribution >= 0.6 is 11.8 Å². The third-order valence-corrected chi connectivity index (χ3v) is 6.14. The lowest BCUT2D eigenvalue weighted by molar-refractivity contribution is -0.118. The second-order valence-electron chi connectivity index (χ2n) is 7.82. The Kier molecular flexibility index (Phi) is 7.47. The number of hydrogen-bond acceptors (Lipinski definition) is 7. The molecule has 4 rings (SSSR count).